The standard InChI is InChI=1S/C23H22F2N2O4.C3H8/c1-23(2,3)10-13(28)11-27-21(29)18-19(26)15-6-4-5-14(20(15)31-22(18)30)12-7-8-16(24)17(25)9-12;1-3-2/h4-9H,10-11,26H2,1-3H3,(H,27,29);3H2,1-2H3. The summed E-state index contributed by atoms with van der Waals surface area (Å²) in [6.07, 6.45) is 1.51. The van der Waals surface area contributed by atoms with Gasteiger partial charge in [-0.25, -0.2) is 13.6 Å². The van der Waals surface area contributed by atoms with Crippen LogP contribution in [0.3, 0.4) is 0 Å². The maximum Gasteiger partial charge on any atom is 0.351 e. The van der Waals surface area contributed by atoms with Crippen LogP contribution in [0, 0.1) is 17.0 Å². The first-order valence-electron chi connectivity index (χ1n) is 11.0. The number of Topliss-reactive ketones (excluding diaryl/α,β-unsaturated/α-hetero) is 1. The summed E-state index contributed by atoms with van der Waals surface area (Å²) < 4.78 is 32.3. The van der Waals surface area contributed by atoms with Crippen LogP contribution in [0.2, 0.25) is 0 Å². The number of fused-ring (bicyclic) bond motifs is 1. The summed E-state index contributed by atoms with van der Waals surface area (Å²) in [4.78, 5) is 37.1. The third kappa shape index (κ3) is 6.50. The van der Waals surface area contributed by atoms with Crippen LogP contribution < -0.4 is 16.7 Å². The van der Waals surface area contributed by atoms with Crippen LogP contribution in [0.4, 0.5) is 14.5 Å². The average Bonchev–Trinajstić information content (AvgIpc) is 2.73. The SMILES string of the molecule is CC(C)(C)CC(=O)CNC(=O)c1c(N)c2cccc(-c3ccc(F)c(F)c3)c2oc1=O.CCC. The first-order chi connectivity index (χ1) is 15.9. The number of hydrogen-bond acceptors (Lipinski definition) is 5. The number of hydrogen-bond donors (Lipinski definition) is 2. The Morgan fingerprint density at radius 2 is 1.71 bits per heavy atom. The molecule has 0 saturated carbocycles. The number of nitrogens with two attached hydrogens (primary N) is 1. The van der Waals surface area contributed by atoms with Crippen LogP contribution in [0.1, 0.15) is 57.8 Å². The highest BCUT2D eigenvalue weighted by molar-refractivity contribution is 6.08. The van der Waals surface area contributed by atoms with Gasteiger partial charge in [0, 0.05) is 17.4 Å². The van der Waals surface area contributed by atoms with Gasteiger partial charge in [-0.2, -0.15) is 0 Å². The minimum Gasteiger partial charge on any atom is -0.421 e. The highest BCUT2D eigenvalue weighted by Crippen LogP contribution is 2.32. The average molecular weight is 473 g/mol. The molecule has 0 unspecified atom stereocenters. The summed E-state index contributed by atoms with van der Waals surface area (Å²) in [5.41, 5.74) is 4.93. The summed E-state index contributed by atoms with van der Waals surface area (Å²) >= 11 is 0. The van der Waals surface area contributed by atoms with Crippen LogP contribution in [-0.4, -0.2) is 18.2 Å². The molecular weight excluding hydrogens is 442 g/mol. The van der Waals surface area contributed by atoms with Crippen molar-refractivity contribution >= 4 is 28.3 Å². The minimum atomic E-state index is -1.05. The van der Waals surface area contributed by atoms with Crippen molar-refractivity contribution in [2.75, 3.05) is 12.3 Å². The molecule has 0 aliphatic heterocycles. The molecule has 3 rings (SSSR count). The van der Waals surface area contributed by atoms with E-state index in [9.17, 15) is 23.2 Å². The fraction of sp³-hybridized carbons (Fsp3) is 0.346. The van der Waals surface area contributed by atoms with E-state index in [1.165, 1.54) is 12.5 Å². The number of nitrogen functional groups attached to an aromatic ring is 1. The van der Waals surface area contributed by atoms with Gasteiger partial charge in [-0.15, -0.1) is 0 Å². The first kappa shape index (κ1) is 26.7. The molecule has 0 aliphatic carbocycles. The molecule has 6 nitrogen and oxygen atoms in total. The molecule has 0 fully saturated rings. The Bertz CT molecular complexity index is 1260. The Balaban J connectivity index is 0.00000129. The number of benzene rings is 2. The van der Waals surface area contributed by atoms with Gasteiger partial charge in [-0.3, -0.25) is 9.59 Å². The van der Waals surface area contributed by atoms with Crippen LogP contribution in [0.15, 0.2) is 45.6 Å². The quantitative estimate of drug-likeness (QED) is 0.479. The zero-order valence-electron chi connectivity index (χ0n) is 20.1. The molecule has 8 heteroatoms. The van der Waals surface area contributed by atoms with E-state index in [2.05, 4.69) is 19.2 Å². The van der Waals surface area contributed by atoms with Crippen molar-refractivity contribution in [2.24, 2.45) is 5.41 Å². The number of rotatable bonds is 5. The number of nitrogens with one attached hydrogen (secondary N) is 1. The molecule has 2 aromatic carbocycles. The van der Waals surface area contributed by atoms with E-state index < -0.39 is 28.7 Å². The van der Waals surface area contributed by atoms with Crippen molar-refractivity contribution < 1.29 is 22.8 Å². The van der Waals surface area contributed by atoms with Gasteiger partial charge in [0.15, 0.2) is 17.4 Å². The maximum atomic E-state index is 13.7. The van der Waals surface area contributed by atoms with Gasteiger partial charge in [0.2, 0.25) is 0 Å². The maximum absolute atomic E-state index is 13.7. The molecular formula is C26H30F2N2O4. The number of carbonyl (C=O) groups is 2. The van der Waals surface area contributed by atoms with Gasteiger partial charge in [-0.1, -0.05) is 59.2 Å². The number of halogens is 2. The number of anilines is 1. The highest BCUT2D eigenvalue weighted by atomic mass is 19.2. The van der Waals surface area contributed by atoms with Gasteiger partial charge in [0.1, 0.15) is 11.1 Å². The monoisotopic (exact) mass is 472 g/mol. The van der Waals surface area contributed by atoms with Crippen molar-refractivity contribution in [1.29, 1.82) is 0 Å². The molecule has 0 radical (unpaired) electrons. The van der Waals surface area contributed by atoms with Gasteiger partial charge in [0.05, 0.1) is 12.2 Å². The predicted octanol–water partition coefficient (Wildman–Crippen LogP) is 5.47. The van der Waals surface area contributed by atoms with Crippen molar-refractivity contribution in [3.8, 4) is 11.1 Å². The van der Waals surface area contributed by atoms with E-state index in [0.717, 1.165) is 12.1 Å². The van der Waals surface area contributed by atoms with Crippen molar-refractivity contribution in [1.82, 2.24) is 5.32 Å². The van der Waals surface area contributed by atoms with E-state index in [1.54, 1.807) is 18.2 Å². The van der Waals surface area contributed by atoms with Crippen molar-refractivity contribution in [3.05, 3.63) is 64.0 Å². The van der Waals surface area contributed by atoms with Crippen LogP contribution in [0.25, 0.3) is 22.1 Å². The van der Waals surface area contributed by atoms with Crippen molar-refractivity contribution in [3.63, 3.8) is 0 Å². The molecule has 0 saturated heterocycles. The molecule has 3 N–H and O–H groups in total. The van der Waals surface area contributed by atoms with Crippen LogP contribution in [-0.2, 0) is 4.79 Å². The van der Waals surface area contributed by atoms with E-state index in [-0.39, 0.29) is 46.4 Å². The predicted molar refractivity (Wildman–Crippen MR) is 130 cm³/mol. The topological polar surface area (TPSA) is 102 Å². The van der Waals surface area contributed by atoms with Gasteiger partial charge >= 0.3 is 5.63 Å². The normalized spacial score (nSPS) is 11.0. The van der Waals surface area contributed by atoms with E-state index >= 15 is 0 Å². The summed E-state index contributed by atoms with van der Waals surface area (Å²) in [6.45, 7) is 9.69. The lowest BCUT2D eigenvalue weighted by Crippen LogP contribution is -2.34. The van der Waals surface area contributed by atoms with E-state index in [4.69, 9.17) is 10.2 Å². The zero-order chi connectivity index (χ0) is 25.6. The summed E-state index contributed by atoms with van der Waals surface area (Å²) in [5, 5.41) is 2.67. The smallest absolute Gasteiger partial charge is 0.351 e. The Morgan fingerprint density at radius 3 is 2.29 bits per heavy atom. The van der Waals surface area contributed by atoms with E-state index in [1.807, 2.05) is 20.8 Å². The fourth-order valence-corrected chi connectivity index (χ4v) is 3.27. The number of carbonyl (C=O) groups excluding carboxylic acids is 2. The molecule has 3 aromatic rings. The lowest BCUT2D eigenvalue weighted by atomic mass is 9.90. The second-order valence-corrected chi connectivity index (χ2v) is 9.16. The first-order valence-corrected chi connectivity index (χ1v) is 11.0. The molecule has 0 bridgehead atoms. The molecule has 0 aliphatic rings. The lowest BCUT2D eigenvalue weighted by Gasteiger charge is -2.17. The Kier molecular flexibility index (Phi) is 8.68. The van der Waals surface area contributed by atoms with Gasteiger partial charge < -0.3 is 15.5 Å². The molecule has 1 amide bonds. The second-order valence-electron chi connectivity index (χ2n) is 9.16. The Hall–Kier alpha value is -3.55. The lowest BCUT2D eigenvalue weighted by molar-refractivity contribution is -0.119. The molecule has 1 heterocycles. The van der Waals surface area contributed by atoms with Crippen LogP contribution in [0.5, 0.6) is 0 Å². The minimum absolute atomic E-state index is 0.0383. The third-order valence-corrected chi connectivity index (χ3v) is 4.60. The molecule has 0 spiro atoms. The summed E-state index contributed by atoms with van der Waals surface area (Å²) in [5.74, 6) is -3.08. The Labute approximate surface area is 197 Å². The van der Waals surface area contributed by atoms with Gasteiger partial charge in [0.25, 0.3) is 5.91 Å². The number of ketones is 1. The van der Waals surface area contributed by atoms with Gasteiger partial charge in [-0.05, 0) is 29.2 Å². The molecule has 1 aromatic heterocycles. The largest absolute Gasteiger partial charge is 0.421 e. The zero-order valence-corrected chi connectivity index (χ0v) is 20.1. The molecule has 0 atom stereocenters. The number of para-hydroxylation sites is 1. The van der Waals surface area contributed by atoms with E-state index in [0.29, 0.717) is 5.56 Å². The summed E-state index contributed by atoms with van der Waals surface area (Å²) in [7, 11) is 0. The van der Waals surface area contributed by atoms with Crippen LogP contribution >= 0.6 is 0 Å². The second kappa shape index (κ2) is 11.0. The molecule has 182 valence electrons. The Morgan fingerprint density at radius 1 is 1.06 bits per heavy atom. The number of amides is 1. The highest BCUT2D eigenvalue weighted by Gasteiger charge is 2.23. The van der Waals surface area contributed by atoms with Crippen molar-refractivity contribution in [2.45, 2.75) is 47.5 Å². The fourth-order valence-electron chi connectivity index (χ4n) is 3.27. The molecule has 34 heavy (non-hydrogen) atoms. The summed E-state index contributed by atoms with van der Waals surface area (Å²) in [6, 6.07) is 7.96. The third-order valence-electron chi connectivity index (χ3n) is 4.60.